The number of furan rings is 1. The smallest absolute Gasteiger partial charge is 0.319 e. The van der Waals surface area contributed by atoms with Crippen LogP contribution in [0.1, 0.15) is 11.8 Å². The molecule has 6 nitrogen and oxygen atoms in total. The van der Waals surface area contributed by atoms with Gasteiger partial charge in [0.25, 0.3) is 0 Å². The summed E-state index contributed by atoms with van der Waals surface area (Å²) in [4.78, 5) is 14.1. The topological polar surface area (TPSA) is 66.7 Å². The molecule has 7 heteroatoms. The second kappa shape index (κ2) is 9.05. The fourth-order valence-electron chi connectivity index (χ4n) is 2.66. The lowest BCUT2D eigenvalue weighted by molar-refractivity contribution is 0.233. The van der Waals surface area contributed by atoms with Crippen LogP contribution in [0.15, 0.2) is 71.3 Å². The number of hydrogen-bond donors (Lipinski definition) is 2. The minimum atomic E-state index is -0.363. The van der Waals surface area contributed by atoms with E-state index in [0.29, 0.717) is 23.7 Å². The molecule has 2 amide bonds. The fourth-order valence-corrected chi connectivity index (χ4v) is 2.66. The van der Waals surface area contributed by atoms with Crippen LogP contribution in [0.5, 0.6) is 11.5 Å². The average Bonchev–Trinajstić information content (AvgIpc) is 3.18. The Bertz CT molecular complexity index is 896. The molecule has 0 aliphatic rings. The van der Waals surface area contributed by atoms with E-state index in [9.17, 15) is 9.18 Å². The largest absolute Gasteiger partial charge is 0.468 e. The number of likely N-dealkylation sites (N-methyl/N-ethyl adjacent to an activating group) is 1. The maximum Gasteiger partial charge on any atom is 0.319 e. The van der Waals surface area contributed by atoms with Crippen LogP contribution < -0.4 is 15.4 Å². The Hall–Kier alpha value is -3.32. The number of rotatable bonds is 7. The first-order chi connectivity index (χ1) is 13.5. The van der Waals surface area contributed by atoms with E-state index in [1.54, 1.807) is 42.7 Å². The van der Waals surface area contributed by atoms with Crippen LogP contribution in [0.3, 0.4) is 0 Å². The molecule has 28 heavy (non-hydrogen) atoms. The van der Waals surface area contributed by atoms with E-state index in [4.69, 9.17) is 9.15 Å². The number of hydrogen-bond acceptors (Lipinski definition) is 4. The Morgan fingerprint density at radius 3 is 2.54 bits per heavy atom. The van der Waals surface area contributed by atoms with Gasteiger partial charge in [0.2, 0.25) is 0 Å². The van der Waals surface area contributed by atoms with Crippen LogP contribution in [0.25, 0.3) is 0 Å². The van der Waals surface area contributed by atoms with Crippen molar-refractivity contribution >= 4 is 11.7 Å². The van der Waals surface area contributed by atoms with Gasteiger partial charge >= 0.3 is 6.03 Å². The first kappa shape index (κ1) is 19.4. The van der Waals surface area contributed by atoms with E-state index in [2.05, 4.69) is 10.6 Å². The van der Waals surface area contributed by atoms with Gasteiger partial charge in [-0.15, -0.1) is 0 Å². The Morgan fingerprint density at radius 2 is 1.89 bits per heavy atom. The van der Waals surface area contributed by atoms with Crippen molar-refractivity contribution < 1.29 is 18.3 Å². The molecule has 2 N–H and O–H groups in total. The zero-order valence-electron chi connectivity index (χ0n) is 15.7. The van der Waals surface area contributed by atoms with Crippen LogP contribution in [-0.4, -0.2) is 31.6 Å². The van der Waals surface area contributed by atoms with Crippen molar-refractivity contribution in [1.29, 1.82) is 0 Å². The summed E-state index contributed by atoms with van der Waals surface area (Å²) in [5, 5.41) is 5.60. The number of anilines is 1. The summed E-state index contributed by atoms with van der Waals surface area (Å²) >= 11 is 0. The van der Waals surface area contributed by atoms with Crippen LogP contribution >= 0.6 is 0 Å². The van der Waals surface area contributed by atoms with Gasteiger partial charge in [-0.2, -0.15) is 0 Å². The molecule has 1 atom stereocenters. The first-order valence-corrected chi connectivity index (χ1v) is 8.79. The van der Waals surface area contributed by atoms with Crippen molar-refractivity contribution in [3.63, 3.8) is 0 Å². The normalized spacial score (nSPS) is 11.9. The average molecular weight is 383 g/mol. The third-order valence-corrected chi connectivity index (χ3v) is 4.09. The highest BCUT2D eigenvalue weighted by Crippen LogP contribution is 2.23. The summed E-state index contributed by atoms with van der Waals surface area (Å²) in [5.74, 6) is 1.37. The van der Waals surface area contributed by atoms with E-state index in [0.717, 1.165) is 5.76 Å². The summed E-state index contributed by atoms with van der Waals surface area (Å²) in [6, 6.07) is 16.0. The van der Waals surface area contributed by atoms with Gasteiger partial charge in [0, 0.05) is 18.3 Å². The molecule has 0 bridgehead atoms. The lowest BCUT2D eigenvalue weighted by Crippen LogP contribution is -2.36. The Morgan fingerprint density at radius 1 is 1.11 bits per heavy atom. The van der Waals surface area contributed by atoms with Gasteiger partial charge in [-0.05, 0) is 62.6 Å². The van der Waals surface area contributed by atoms with Gasteiger partial charge in [0.05, 0.1) is 12.3 Å². The molecule has 0 spiro atoms. The molecule has 0 fully saturated rings. The predicted molar refractivity (Wildman–Crippen MR) is 105 cm³/mol. The number of nitrogens with one attached hydrogen (secondary N) is 2. The van der Waals surface area contributed by atoms with Crippen LogP contribution in [-0.2, 0) is 0 Å². The van der Waals surface area contributed by atoms with Crippen molar-refractivity contribution in [2.24, 2.45) is 0 Å². The van der Waals surface area contributed by atoms with E-state index in [1.165, 1.54) is 12.1 Å². The lowest BCUT2D eigenvalue weighted by Gasteiger charge is -2.22. The highest BCUT2D eigenvalue weighted by atomic mass is 19.1. The maximum absolute atomic E-state index is 13.2. The monoisotopic (exact) mass is 383 g/mol. The number of urea groups is 1. The van der Waals surface area contributed by atoms with Gasteiger partial charge in [-0.25, -0.2) is 9.18 Å². The molecule has 1 aromatic heterocycles. The van der Waals surface area contributed by atoms with Gasteiger partial charge in [0.1, 0.15) is 23.1 Å². The first-order valence-electron chi connectivity index (χ1n) is 8.79. The van der Waals surface area contributed by atoms with Crippen molar-refractivity contribution in [1.82, 2.24) is 10.2 Å². The molecule has 1 heterocycles. The zero-order chi connectivity index (χ0) is 19.9. The molecule has 2 aromatic carbocycles. The van der Waals surface area contributed by atoms with Gasteiger partial charge < -0.3 is 19.8 Å². The second-order valence-corrected chi connectivity index (χ2v) is 6.41. The Balaban J connectivity index is 1.52. The molecule has 3 rings (SSSR count). The van der Waals surface area contributed by atoms with Crippen molar-refractivity contribution in [2.45, 2.75) is 6.04 Å². The van der Waals surface area contributed by atoms with Gasteiger partial charge in [0.15, 0.2) is 0 Å². The van der Waals surface area contributed by atoms with Crippen LogP contribution in [0.2, 0.25) is 0 Å². The summed E-state index contributed by atoms with van der Waals surface area (Å²) in [7, 11) is 3.84. The highest BCUT2D eigenvalue weighted by molar-refractivity contribution is 5.89. The number of ether oxygens (including phenoxy) is 1. The molecular weight excluding hydrogens is 361 g/mol. The minimum Gasteiger partial charge on any atom is -0.468 e. The molecule has 0 aliphatic carbocycles. The summed E-state index contributed by atoms with van der Waals surface area (Å²) < 4.78 is 24.2. The van der Waals surface area contributed by atoms with Gasteiger partial charge in [-0.3, -0.25) is 4.90 Å². The SMILES string of the molecule is CN(C)C(CNC(=O)Nc1ccc(Oc2cccc(F)c2)cc1)c1ccco1. The molecule has 0 aliphatic heterocycles. The third-order valence-electron chi connectivity index (χ3n) is 4.09. The summed E-state index contributed by atoms with van der Waals surface area (Å²) in [6.07, 6.45) is 1.61. The van der Waals surface area contributed by atoms with E-state index in [1.807, 2.05) is 31.1 Å². The Kier molecular flexibility index (Phi) is 6.29. The van der Waals surface area contributed by atoms with Crippen LogP contribution in [0, 0.1) is 5.82 Å². The molecule has 0 saturated heterocycles. The highest BCUT2D eigenvalue weighted by Gasteiger charge is 2.17. The number of nitrogens with zero attached hydrogens (tertiary/aromatic N) is 1. The fraction of sp³-hybridized carbons (Fsp3) is 0.190. The quantitative estimate of drug-likeness (QED) is 0.624. The van der Waals surface area contributed by atoms with Crippen molar-refractivity contribution in [2.75, 3.05) is 26.0 Å². The second-order valence-electron chi connectivity index (χ2n) is 6.41. The molecule has 146 valence electrons. The lowest BCUT2D eigenvalue weighted by atomic mass is 10.2. The molecule has 0 saturated carbocycles. The molecular formula is C21H22FN3O3. The molecule has 1 unspecified atom stereocenters. The van der Waals surface area contributed by atoms with E-state index >= 15 is 0 Å². The van der Waals surface area contributed by atoms with Crippen molar-refractivity contribution in [3.8, 4) is 11.5 Å². The number of carbonyl (C=O) groups is 1. The molecule has 3 aromatic rings. The standard InChI is InChI=1S/C21H22FN3O3/c1-25(2)19(20-7-4-12-27-20)14-23-21(26)24-16-8-10-17(11-9-16)28-18-6-3-5-15(22)13-18/h3-13,19H,14H2,1-2H3,(H2,23,24,26). The maximum atomic E-state index is 13.2. The number of amides is 2. The number of carbonyl (C=O) groups excluding carboxylic acids is 1. The predicted octanol–water partition coefficient (Wildman–Crippen LogP) is 4.64. The minimum absolute atomic E-state index is 0.0669. The summed E-state index contributed by atoms with van der Waals surface area (Å²) in [5.41, 5.74) is 0.614. The third kappa shape index (κ3) is 5.34. The number of halogens is 1. The van der Waals surface area contributed by atoms with E-state index in [-0.39, 0.29) is 17.9 Å². The van der Waals surface area contributed by atoms with Gasteiger partial charge in [-0.1, -0.05) is 6.07 Å². The van der Waals surface area contributed by atoms with E-state index < -0.39 is 0 Å². The van der Waals surface area contributed by atoms with Crippen LogP contribution in [0.4, 0.5) is 14.9 Å². The van der Waals surface area contributed by atoms with Crippen molar-refractivity contribution in [3.05, 3.63) is 78.5 Å². The summed E-state index contributed by atoms with van der Waals surface area (Å²) in [6.45, 7) is 0.396. The number of benzene rings is 2. The Labute approximate surface area is 162 Å². The zero-order valence-corrected chi connectivity index (χ0v) is 15.7. The molecule has 0 radical (unpaired) electrons.